The molecular formula is C21H26N4S. The van der Waals surface area contributed by atoms with E-state index in [0.29, 0.717) is 0 Å². The van der Waals surface area contributed by atoms with Crippen LogP contribution in [0.2, 0.25) is 0 Å². The summed E-state index contributed by atoms with van der Waals surface area (Å²) in [7, 11) is 0. The average molecular weight is 367 g/mol. The van der Waals surface area contributed by atoms with Gasteiger partial charge in [-0.15, -0.1) is 11.3 Å². The molecule has 0 amide bonds. The summed E-state index contributed by atoms with van der Waals surface area (Å²) in [5, 5.41) is 4.82. The summed E-state index contributed by atoms with van der Waals surface area (Å²) in [6.45, 7) is 8.55. The number of nitrogens with zero attached hydrogens (tertiary/aromatic N) is 3. The smallest absolute Gasteiger partial charge is 0.143 e. The summed E-state index contributed by atoms with van der Waals surface area (Å²) in [5.41, 5.74) is 3.81. The first kappa shape index (κ1) is 17.3. The van der Waals surface area contributed by atoms with Crippen LogP contribution in [0.25, 0.3) is 10.2 Å². The topological polar surface area (TPSA) is 41.1 Å². The minimum Gasteiger partial charge on any atom is -0.372 e. The lowest BCUT2D eigenvalue weighted by molar-refractivity contribution is 0.866. The predicted octanol–water partition coefficient (Wildman–Crippen LogP) is 5.33. The van der Waals surface area contributed by atoms with Crippen LogP contribution in [0.1, 0.15) is 43.5 Å². The fourth-order valence-electron chi connectivity index (χ4n) is 3.77. The number of aryl methyl sites for hydroxylation is 3. The summed E-state index contributed by atoms with van der Waals surface area (Å²) in [6, 6.07) is 8.68. The third-order valence-corrected chi connectivity index (χ3v) is 6.37. The maximum Gasteiger partial charge on any atom is 0.143 e. The minimum absolute atomic E-state index is 0.855. The van der Waals surface area contributed by atoms with E-state index in [-0.39, 0.29) is 0 Å². The van der Waals surface area contributed by atoms with Crippen LogP contribution in [0.3, 0.4) is 0 Å². The molecule has 1 N–H and O–H groups in total. The first-order chi connectivity index (χ1) is 12.7. The molecule has 1 aliphatic rings. The number of aromatic nitrogens is 2. The molecular weight excluding hydrogens is 340 g/mol. The standard InChI is InChI=1S/C21H26N4S/c1-4-18-23-20(19-16-8-7-9-17(16)26-21(19)24-18)22-14-10-12-15(13-11-14)25(5-2)6-3/h10-13H,4-9H2,1-3H3,(H,22,23,24). The Balaban J connectivity index is 1.70. The Kier molecular flexibility index (Phi) is 4.81. The van der Waals surface area contributed by atoms with Gasteiger partial charge in [-0.25, -0.2) is 9.97 Å². The van der Waals surface area contributed by atoms with Gasteiger partial charge in [0.05, 0.1) is 5.39 Å². The third kappa shape index (κ3) is 3.05. The van der Waals surface area contributed by atoms with Gasteiger partial charge in [0.1, 0.15) is 16.5 Å². The second kappa shape index (κ2) is 7.23. The van der Waals surface area contributed by atoms with E-state index in [2.05, 4.69) is 55.3 Å². The van der Waals surface area contributed by atoms with Crippen molar-refractivity contribution in [2.45, 2.75) is 46.5 Å². The molecule has 0 saturated heterocycles. The molecule has 0 unspecified atom stereocenters. The Labute approximate surface area is 159 Å². The highest BCUT2D eigenvalue weighted by atomic mass is 32.1. The highest BCUT2D eigenvalue weighted by Crippen LogP contribution is 2.40. The Morgan fingerprint density at radius 2 is 1.81 bits per heavy atom. The minimum atomic E-state index is 0.855. The monoisotopic (exact) mass is 366 g/mol. The van der Waals surface area contributed by atoms with Crippen molar-refractivity contribution in [2.75, 3.05) is 23.3 Å². The molecule has 4 nitrogen and oxygen atoms in total. The number of thiophene rings is 1. The molecule has 0 spiro atoms. The van der Waals surface area contributed by atoms with Crippen LogP contribution in [-0.2, 0) is 19.3 Å². The number of hydrogen-bond acceptors (Lipinski definition) is 5. The molecule has 0 atom stereocenters. The number of rotatable bonds is 6. The predicted molar refractivity (Wildman–Crippen MR) is 112 cm³/mol. The second-order valence-corrected chi connectivity index (χ2v) is 7.81. The molecule has 0 aliphatic heterocycles. The maximum absolute atomic E-state index is 4.83. The lowest BCUT2D eigenvalue weighted by atomic mass is 10.2. The molecule has 0 radical (unpaired) electrons. The molecule has 26 heavy (non-hydrogen) atoms. The normalized spacial score (nSPS) is 13.2. The van der Waals surface area contributed by atoms with E-state index >= 15 is 0 Å². The molecule has 2 heterocycles. The summed E-state index contributed by atoms with van der Waals surface area (Å²) in [6.07, 6.45) is 4.45. The fourth-order valence-corrected chi connectivity index (χ4v) is 5.05. The maximum atomic E-state index is 4.83. The van der Waals surface area contributed by atoms with Crippen molar-refractivity contribution in [1.29, 1.82) is 0 Å². The van der Waals surface area contributed by atoms with Gasteiger partial charge in [0, 0.05) is 35.8 Å². The van der Waals surface area contributed by atoms with Gasteiger partial charge in [-0.3, -0.25) is 0 Å². The quantitative estimate of drug-likeness (QED) is 0.640. The largest absolute Gasteiger partial charge is 0.372 e. The number of fused-ring (bicyclic) bond motifs is 3. The van der Waals surface area contributed by atoms with Gasteiger partial charge >= 0.3 is 0 Å². The molecule has 0 saturated carbocycles. The second-order valence-electron chi connectivity index (χ2n) is 6.72. The molecule has 3 aromatic rings. The Hall–Kier alpha value is -2.14. The highest BCUT2D eigenvalue weighted by Gasteiger charge is 2.22. The zero-order chi connectivity index (χ0) is 18.1. The molecule has 1 aromatic carbocycles. The van der Waals surface area contributed by atoms with Crippen molar-refractivity contribution in [3.63, 3.8) is 0 Å². The highest BCUT2D eigenvalue weighted by molar-refractivity contribution is 7.19. The van der Waals surface area contributed by atoms with E-state index < -0.39 is 0 Å². The van der Waals surface area contributed by atoms with Gasteiger partial charge in [0.25, 0.3) is 0 Å². The van der Waals surface area contributed by atoms with E-state index in [0.717, 1.165) is 48.1 Å². The summed E-state index contributed by atoms with van der Waals surface area (Å²) < 4.78 is 0. The molecule has 5 heteroatoms. The average Bonchev–Trinajstić information content (AvgIpc) is 3.24. The van der Waals surface area contributed by atoms with E-state index in [1.807, 2.05) is 11.3 Å². The first-order valence-electron chi connectivity index (χ1n) is 9.66. The lowest BCUT2D eigenvalue weighted by Crippen LogP contribution is -2.21. The molecule has 2 aromatic heterocycles. The number of benzene rings is 1. The van der Waals surface area contributed by atoms with Crippen LogP contribution in [-0.4, -0.2) is 23.1 Å². The van der Waals surface area contributed by atoms with E-state index in [4.69, 9.17) is 9.97 Å². The van der Waals surface area contributed by atoms with Crippen molar-refractivity contribution < 1.29 is 0 Å². The van der Waals surface area contributed by atoms with Crippen LogP contribution in [0.4, 0.5) is 17.2 Å². The number of anilines is 3. The van der Waals surface area contributed by atoms with Crippen molar-refractivity contribution in [2.24, 2.45) is 0 Å². The zero-order valence-electron chi connectivity index (χ0n) is 15.8. The molecule has 1 aliphatic carbocycles. The molecule has 0 bridgehead atoms. The van der Waals surface area contributed by atoms with E-state index in [1.165, 1.54) is 34.4 Å². The van der Waals surface area contributed by atoms with Crippen LogP contribution in [0, 0.1) is 0 Å². The Morgan fingerprint density at radius 1 is 1.04 bits per heavy atom. The van der Waals surface area contributed by atoms with E-state index in [1.54, 1.807) is 0 Å². The summed E-state index contributed by atoms with van der Waals surface area (Å²) >= 11 is 1.86. The SMILES string of the molecule is CCc1nc(Nc2ccc(N(CC)CC)cc2)c2c3c(sc2n1)CCC3. The fraction of sp³-hybridized carbons (Fsp3) is 0.429. The third-order valence-electron chi connectivity index (χ3n) is 5.19. The molecule has 4 rings (SSSR count). The van der Waals surface area contributed by atoms with Crippen LogP contribution >= 0.6 is 11.3 Å². The van der Waals surface area contributed by atoms with Crippen molar-refractivity contribution in [1.82, 2.24) is 9.97 Å². The van der Waals surface area contributed by atoms with Crippen molar-refractivity contribution in [3.05, 3.63) is 40.5 Å². The Bertz CT molecular complexity index is 910. The van der Waals surface area contributed by atoms with Gasteiger partial charge in [0.2, 0.25) is 0 Å². The first-order valence-corrected chi connectivity index (χ1v) is 10.5. The van der Waals surface area contributed by atoms with Crippen LogP contribution in [0.5, 0.6) is 0 Å². The van der Waals surface area contributed by atoms with Gasteiger partial charge in [0.15, 0.2) is 0 Å². The van der Waals surface area contributed by atoms with Gasteiger partial charge in [-0.1, -0.05) is 6.92 Å². The van der Waals surface area contributed by atoms with E-state index in [9.17, 15) is 0 Å². The van der Waals surface area contributed by atoms with Gasteiger partial charge in [-0.2, -0.15) is 0 Å². The van der Waals surface area contributed by atoms with Crippen molar-refractivity contribution >= 4 is 38.7 Å². The molecule has 0 fully saturated rings. The molecule has 136 valence electrons. The van der Waals surface area contributed by atoms with Crippen LogP contribution in [0.15, 0.2) is 24.3 Å². The zero-order valence-corrected chi connectivity index (χ0v) is 16.6. The number of hydrogen-bond donors (Lipinski definition) is 1. The van der Waals surface area contributed by atoms with Crippen LogP contribution < -0.4 is 10.2 Å². The van der Waals surface area contributed by atoms with Crippen molar-refractivity contribution in [3.8, 4) is 0 Å². The van der Waals surface area contributed by atoms with Gasteiger partial charge in [-0.05, 0) is 62.9 Å². The summed E-state index contributed by atoms with van der Waals surface area (Å²) in [4.78, 5) is 14.6. The summed E-state index contributed by atoms with van der Waals surface area (Å²) in [5.74, 6) is 1.89. The van der Waals surface area contributed by atoms with Gasteiger partial charge < -0.3 is 10.2 Å². The number of nitrogens with one attached hydrogen (secondary N) is 1. The lowest BCUT2D eigenvalue weighted by Gasteiger charge is -2.21. The Morgan fingerprint density at radius 3 is 2.50 bits per heavy atom.